The van der Waals surface area contributed by atoms with Crippen molar-refractivity contribution in [2.24, 2.45) is 0 Å². The molecule has 0 bridgehead atoms. The van der Waals surface area contributed by atoms with Gasteiger partial charge in [0.2, 0.25) is 0 Å². The van der Waals surface area contributed by atoms with E-state index >= 15 is 0 Å². The van der Waals surface area contributed by atoms with E-state index in [1.54, 1.807) is 18.2 Å². The van der Waals surface area contributed by atoms with Crippen LogP contribution in [0.3, 0.4) is 0 Å². The first kappa shape index (κ1) is 50.5. The fraction of sp³-hybridized carbons (Fsp3) is 0.298. The van der Waals surface area contributed by atoms with Gasteiger partial charge in [0.25, 0.3) is 0 Å². The molecule has 0 spiro atoms. The predicted molar refractivity (Wildman–Crippen MR) is 260 cm³/mol. The summed E-state index contributed by atoms with van der Waals surface area (Å²) in [5.74, 6) is -0.717. The maximum Gasteiger partial charge on any atom is 0.303 e. The lowest BCUT2D eigenvalue weighted by Gasteiger charge is -2.46. The molecule has 0 saturated carbocycles. The van der Waals surface area contributed by atoms with Crippen LogP contribution >= 0.6 is 0 Å². The molecule has 0 aliphatic carbocycles. The number of esters is 4. The molecule has 15 nitrogen and oxygen atoms in total. The molecule has 2 heterocycles. The first-order valence-electron chi connectivity index (χ1n) is 23.6. The van der Waals surface area contributed by atoms with Gasteiger partial charge in [0, 0.05) is 51.8 Å². The lowest BCUT2D eigenvalue weighted by atomic mass is 9.92. The van der Waals surface area contributed by atoms with Gasteiger partial charge < -0.3 is 52.1 Å². The number of ether oxygens (including phenoxy) is 11. The third-order valence-corrected chi connectivity index (χ3v) is 11.7. The fourth-order valence-corrected chi connectivity index (χ4v) is 8.39. The highest BCUT2D eigenvalue weighted by Gasteiger charge is 2.54. The van der Waals surface area contributed by atoms with Gasteiger partial charge in [-0.05, 0) is 39.9 Å². The van der Waals surface area contributed by atoms with Gasteiger partial charge in [0.15, 0.2) is 42.2 Å². The van der Waals surface area contributed by atoms with Crippen molar-refractivity contribution in [2.75, 3.05) is 6.61 Å². The maximum atomic E-state index is 12.9. The molecule has 6 aromatic carbocycles. The zero-order valence-corrected chi connectivity index (χ0v) is 40.3. The van der Waals surface area contributed by atoms with Crippen LogP contribution in [0.25, 0.3) is 0 Å². The van der Waals surface area contributed by atoms with Crippen LogP contribution in [0.5, 0.6) is 28.7 Å². The van der Waals surface area contributed by atoms with Crippen LogP contribution < -0.4 is 23.7 Å². The van der Waals surface area contributed by atoms with Crippen molar-refractivity contribution in [1.82, 2.24) is 0 Å². The van der Waals surface area contributed by atoms with E-state index in [4.69, 9.17) is 52.1 Å². The molecule has 2 unspecified atom stereocenters. The molecule has 6 aromatic rings. The molecule has 374 valence electrons. The Labute approximate surface area is 417 Å². The zero-order valence-electron chi connectivity index (χ0n) is 40.3. The SMILES string of the molecule is CC(=O)OC[C@H]1O[C@@H](O[C@H]2Cc3c(OCc4ccccc4)cc(OCc4ccccc4)cc3O[C@@H]2c2ccc(OCc3ccccc3)c(OCc3ccccc3)c2)C(OC(C)=O)C(OC(C)=O)[C@@H]1OC(C)=O. The molecule has 2 aliphatic heterocycles. The first-order chi connectivity index (χ1) is 34.9. The van der Waals surface area contributed by atoms with Crippen LogP contribution in [-0.2, 0) is 80.4 Å². The highest BCUT2D eigenvalue weighted by Crippen LogP contribution is 2.46. The molecule has 0 aromatic heterocycles. The summed E-state index contributed by atoms with van der Waals surface area (Å²) in [6, 6.07) is 48.0. The van der Waals surface area contributed by atoms with Crippen LogP contribution in [0.2, 0.25) is 0 Å². The monoisotopic (exact) mass is 980 g/mol. The quantitative estimate of drug-likeness (QED) is 0.0524. The second-order valence-electron chi connectivity index (χ2n) is 17.2. The first-order valence-corrected chi connectivity index (χ1v) is 23.6. The average molecular weight is 981 g/mol. The van der Waals surface area contributed by atoms with Crippen LogP contribution in [0.15, 0.2) is 152 Å². The van der Waals surface area contributed by atoms with Gasteiger partial charge in [0.1, 0.15) is 62.5 Å². The van der Waals surface area contributed by atoms with Crippen LogP contribution in [-0.4, -0.2) is 67.3 Å². The Morgan fingerprint density at radius 2 is 0.986 bits per heavy atom. The van der Waals surface area contributed by atoms with Gasteiger partial charge in [-0.25, -0.2) is 0 Å². The van der Waals surface area contributed by atoms with Gasteiger partial charge in [-0.1, -0.05) is 127 Å². The summed E-state index contributed by atoms with van der Waals surface area (Å²) in [7, 11) is 0. The highest BCUT2D eigenvalue weighted by atomic mass is 16.7. The second-order valence-corrected chi connectivity index (χ2v) is 17.2. The zero-order chi connectivity index (χ0) is 50.4. The Hall–Kier alpha value is -7.88. The molecule has 0 amide bonds. The van der Waals surface area contributed by atoms with Crippen molar-refractivity contribution in [3.05, 3.63) is 185 Å². The summed E-state index contributed by atoms with van der Waals surface area (Å²) in [4.78, 5) is 50.4. The van der Waals surface area contributed by atoms with E-state index < -0.39 is 73.4 Å². The number of rotatable bonds is 20. The van der Waals surface area contributed by atoms with Gasteiger partial charge >= 0.3 is 23.9 Å². The maximum absolute atomic E-state index is 12.9. The van der Waals surface area contributed by atoms with Crippen LogP contribution in [0, 0.1) is 0 Å². The standard InChI is InChI=1S/C57H56O15/c1-36(58)62-35-52-54(67-37(2)59)55(68-38(3)60)56(69-39(4)61)57(72-52)71-51-30-46-48(65-33-42-21-13-7-14-22-42)28-45(63-31-40-17-9-5-10-18-40)29-49(46)70-53(51)44-25-26-47(64-32-41-19-11-6-12-20-41)50(27-44)66-34-43-23-15-8-16-24-43/h5-29,51-57H,30-35H2,1-4H3/t51-,52+,53+,54+,55?,56?,57+/m0/s1. The Morgan fingerprint density at radius 1 is 0.500 bits per heavy atom. The summed E-state index contributed by atoms with van der Waals surface area (Å²) >= 11 is 0. The van der Waals surface area contributed by atoms with Crippen molar-refractivity contribution in [2.45, 2.75) is 103 Å². The Morgan fingerprint density at radius 3 is 1.51 bits per heavy atom. The molecular weight excluding hydrogens is 925 g/mol. The third-order valence-electron chi connectivity index (χ3n) is 11.7. The fourth-order valence-electron chi connectivity index (χ4n) is 8.39. The topological polar surface area (TPSA) is 170 Å². The van der Waals surface area contributed by atoms with E-state index in [1.165, 1.54) is 13.8 Å². The summed E-state index contributed by atoms with van der Waals surface area (Å²) in [5, 5.41) is 0. The molecule has 15 heteroatoms. The average Bonchev–Trinajstić information content (AvgIpc) is 3.38. The molecule has 0 N–H and O–H groups in total. The summed E-state index contributed by atoms with van der Waals surface area (Å²) in [6.45, 7) is 5.20. The Kier molecular flexibility index (Phi) is 17.0. The summed E-state index contributed by atoms with van der Waals surface area (Å²) < 4.78 is 69.0. The van der Waals surface area contributed by atoms with Crippen molar-refractivity contribution in [1.29, 1.82) is 0 Å². The van der Waals surface area contributed by atoms with E-state index in [0.717, 1.165) is 36.1 Å². The molecule has 8 rings (SSSR count). The lowest BCUT2D eigenvalue weighted by molar-refractivity contribution is -0.322. The Balaban J connectivity index is 1.22. The van der Waals surface area contributed by atoms with E-state index in [0.29, 0.717) is 39.9 Å². The molecule has 1 saturated heterocycles. The van der Waals surface area contributed by atoms with Gasteiger partial charge in [-0.3, -0.25) is 19.2 Å². The van der Waals surface area contributed by atoms with E-state index in [9.17, 15) is 19.2 Å². The number of fused-ring (bicyclic) bond motifs is 1. The molecule has 1 fully saturated rings. The number of carbonyl (C=O) groups is 4. The number of hydrogen-bond donors (Lipinski definition) is 0. The third kappa shape index (κ3) is 13.7. The molecule has 72 heavy (non-hydrogen) atoms. The van der Waals surface area contributed by atoms with Crippen LogP contribution in [0.1, 0.15) is 67.2 Å². The van der Waals surface area contributed by atoms with E-state index in [-0.39, 0.29) is 32.8 Å². The summed E-state index contributed by atoms with van der Waals surface area (Å²) in [6.07, 6.45) is -9.01. The van der Waals surface area contributed by atoms with Gasteiger partial charge in [-0.2, -0.15) is 0 Å². The number of benzene rings is 6. The smallest absolute Gasteiger partial charge is 0.303 e. The minimum atomic E-state index is -1.53. The minimum absolute atomic E-state index is 0.114. The van der Waals surface area contributed by atoms with Gasteiger partial charge in [0.05, 0.1) is 0 Å². The normalized spacial score (nSPS) is 20.1. The lowest BCUT2D eigenvalue weighted by Crippen LogP contribution is -2.63. The van der Waals surface area contributed by atoms with E-state index in [1.807, 2.05) is 133 Å². The molecule has 2 aliphatic rings. The molecule has 7 atom stereocenters. The Bertz CT molecular complexity index is 2750. The molecular formula is C57H56O15. The number of hydrogen-bond acceptors (Lipinski definition) is 15. The predicted octanol–water partition coefficient (Wildman–Crippen LogP) is 9.15. The van der Waals surface area contributed by atoms with Crippen molar-refractivity contribution in [3.63, 3.8) is 0 Å². The minimum Gasteiger partial charge on any atom is -0.489 e. The highest BCUT2D eigenvalue weighted by molar-refractivity contribution is 5.69. The molecule has 0 radical (unpaired) electrons. The van der Waals surface area contributed by atoms with Crippen molar-refractivity contribution in [3.8, 4) is 28.7 Å². The largest absolute Gasteiger partial charge is 0.489 e. The van der Waals surface area contributed by atoms with Gasteiger partial charge in [-0.15, -0.1) is 0 Å². The van der Waals surface area contributed by atoms with Crippen LogP contribution in [0.4, 0.5) is 0 Å². The summed E-state index contributed by atoms with van der Waals surface area (Å²) in [5.41, 5.74) is 4.96. The van der Waals surface area contributed by atoms with Crippen molar-refractivity contribution >= 4 is 23.9 Å². The van der Waals surface area contributed by atoms with E-state index in [2.05, 4.69) is 0 Å². The second kappa shape index (κ2) is 24.3. The number of carbonyl (C=O) groups excluding carboxylic acids is 4. The van der Waals surface area contributed by atoms with Crippen molar-refractivity contribution < 1.29 is 71.3 Å².